The summed E-state index contributed by atoms with van der Waals surface area (Å²) in [6, 6.07) is 0. The van der Waals surface area contributed by atoms with Crippen molar-refractivity contribution in [3.63, 3.8) is 0 Å². The van der Waals surface area contributed by atoms with E-state index in [1.807, 2.05) is 13.8 Å². The van der Waals surface area contributed by atoms with E-state index in [4.69, 9.17) is 181 Å². The van der Waals surface area contributed by atoms with Crippen molar-refractivity contribution in [2.75, 3.05) is 258 Å². The summed E-state index contributed by atoms with van der Waals surface area (Å²) in [6.07, 6.45) is -7.84. The van der Waals surface area contributed by atoms with Crippen molar-refractivity contribution in [3.8, 4) is 0 Å². The van der Waals surface area contributed by atoms with Gasteiger partial charge in [0.1, 0.15) is 6.10 Å². The van der Waals surface area contributed by atoms with E-state index in [-0.39, 0.29) is 466 Å². The number of aliphatic hydroxyl groups is 11. The van der Waals surface area contributed by atoms with Gasteiger partial charge in [-0.15, -0.1) is 0 Å². The van der Waals surface area contributed by atoms with Crippen LogP contribution in [0.1, 0.15) is 307 Å². The fourth-order valence-corrected chi connectivity index (χ4v) is 25.6. The van der Waals surface area contributed by atoms with Crippen molar-refractivity contribution >= 4 is 57.9 Å². The molecule has 46 nitrogen and oxygen atoms in total. The molecule has 0 rings (SSSR count). The second-order valence-electron chi connectivity index (χ2n) is 25.5. The Kier molecular flexibility index (Phi) is 274. The molecule has 0 heterocycles. The molecule has 50 heteroatoms. The molecule has 15 atom stereocenters. The molecule has 0 saturated heterocycles. The fourth-order valence-electron chi connectivity index (χ4n) is 9.12. The van der Waals surface area contributed by atoms with Crippen molar-refractivity contribution in [1.82, 2.24) is 0 Å². The van der Waals surface area contributed by atoms with Crippen LogP contribution in [0.3, 0.4) is 0 Å². The summed E-state index contributed by atoms with van der Waals surface area (Å²) in [6.45, 7) is 18.4. The van der Waals surface area contributed by atoms with Crippen LogP contribution in [0.2, 0.25) is 21.0 Å². The number of hydrogen-bond acceptors (Lipinski definition) is 44. The van der Waals surface area contributed by atoms with Gasteiger partial charge >= 0.3 is 657 Å². The number of aliphatic hydroxyl groups excluding tert-OH is 9. The molecule has 0 aliphatic heterocycles. The van der Waals surface area contributed by atoms with Gasteiger partial charge in [0.25, 0.3) is 0 Å². The Labute approximate surface area is 947 Å². The van der Waals surface area contributed by atoms with Crippen molar-refractivity contribution in [1.29, 1.82) is 0 Å². The predicted molar refractivity (Wildman–Crippen MR) is 636 cm³/mol. The minimum Gasteiger partial charge on any atom is -0.412 e. The van der Waals surface area contributed by atoms with Crippen LogP contribution in [0.5, 0.6) is 0 Å². The van der Waals surface area contributed by atoms with Gasteiger partial charge in [0.15, 0.2) is 0 Å². The van der Waals surface area contributed by atoms with E-state index in [1.54, 1.807) is 34.8 Å². The van der Waals surface area contributed by atoms with Crippen LogP contribution in [0.4, 0.5) is 0 Å². The van der Waals surface area contributed by atoms with Crippen molar-refractivity contribution in [3.05, 3.63) is 0 Å². The number of methoxy groups -OCH3 is 6. The number of hydrogen-bond donors (Lipinski definition) is 11. The van der Waals surface area contributed by atoms with Gasteiger partial charge in [-0.1, -0.05) is 238 Å². The van der Waals surface area contributed by atoms with Gasteiger partial charge in [-0.2, -0.15) is 0 Å². The van der Waals surface area contributed by atoms with Crippen LogP contribution in [-0.2, 0) is 146 Å². The Morgan fingerprint density at radius 2 is 0.513 bits per heavy atom. The Morgan fingerprint density at radius 3 is 0.760 bits per heavy atom. The third kappa shape index (κ3) is 125. The zero-order chi connectivity index (χ0) is 88.6. The summed E-state index contributed by atoms with van der Waals surface area (Å²) in [7, 11) is 16.8. The van der Waals surface area contributed by atoms with Crippen LogP contribution in [0.25, 0.3) is 0 Å². The molecule has 0 amide bonds. The topological polar surface area (TPSA) is 590 Å². The molecule has 11 unspecified atom stereocenters. The standard InChI is InChI=1S/C34H74Ge2O22.C29H63Ge2O19.C5H12O3.32CH4.2H2O/c1-27(20-49-16-19-56-35(45-9,46-10)23-33(41,42-6)55-25-50-22-28(2)51-15-13-38)52-17-18-54-34(43-7,44-8)24-36(47-11,58-32(30(4)39)31(5)40)57-26-53-29(3)21-48-14-12-37;1-25(45-15-16-47-29(36-5,37-6)21-30(38-7)49-24-46-27(3)19-41-12-10-32)18-42-14-17-50-31(39-8,40-9)22-28(34,35-4)48-23-43-20-26(2)44-13-11-33;1-3(6)5(8)4(2)7;;;;;;;;;;;;;;;;;;;;;;;;;;;;;;;;;;/h27-32,37-41H,12-26H2,1-11H3;25-27,32-34H,10-24H2,1-9H3;3-8H,1-2H3;32*1H4;2*1H2/t27?,28?,29?,30-,31+,32?,33?,36?;;3-,4+,5?;;;;;;;;;;;;;;;;;;;;;;;;;;;;;;;;;;. The zero-order valence-corrected chi connectivity index (χ0v) is 81.9. The molecule has 0 aliphatic rings. The normalized spacial score (nSPS) is 13.4. The van der Waals surface area contributed by atoms with Crippen molar-refractivity contribution in [2.45, 2.75) is 425 Å². The molecule has 15 N–H and O–H groups in total. The second-order valence-corrected chi connectivity index (χ2v) is 46.6. The summed E-state index contributed by atoms with van der Waals surface area (Å²) < 4.78 is 186. The summed E-state index contributed by atoms with van der Waals surface area (Å²) in [5.41, 5.74) is 0. The molecule has 973 valence electrons. The molecule has 150 heavy (non-hydrogen) atoms. The van der Waals surface area contributed by atoms with Gasteiger partial charge in [0, 0.05) is 0 Å². The predicted octanol–water partition coefficient (Wildman–Crippen LogP) is 17.1. The first-order valence-electron chi connectivity index (χ1n) is 37.7. The van der Waals surface area contributed by atoms with E-state index in [0.717, 1.165) is 0 Å². The van der Waals surface area contributed by atoms with Crippen molar-refractivity contribution < 1.29 is 213 Å². The van der Waals surface area contributed by atoms with Crippen molar-refractivity contribution in [2.24, 2.45) is 0 Å². The van der Waals surface area contributed by atoms with Crippen LogP contribution in [0, 0.1) is 0 Å². The summed E-state index contributed by atoms with van der Waals surface area (Å²) >= 11 is -15.4. The summed E-state index contributed by atoms with van der Waals surface area (Å²) in [4.78, 5) is 0. The molecular weight excluding hydrogens is 2230 g/mol. The number of ether oxygens (including phenoxy) is 22. The largest absolute Gasteiger partial charge is 0.412 e. The van der Waals surface area contributed by atoms with E-state index >= 15 is 0 Å². The quantitative estimate of drug-likeness (QED) is 0.0153. The minimum absolute atomic E-state index is 0. The van der Waals surface area contributed by atoms with Gasteiger partial charge in [-0.05, 0) is 13.8 Å². The molecule has 1 radical (unpaired) electrons. The average molecular weight is 2510 g/mol. The number of rotatable bonds is 80. The monoisotopic (exact) mass is 2510 g/mol. The Hall–Kier alpha value is 0.331. The van der Waals surface area contributed by atoms with Gasteiger partial charge in [-0.25, -0.2) is 0 Å². The summed E-state index contributed by atoms with van der Waals surface area (Å²) in [5, 5.41) is 103. The third-order valence-electron chi connectivity index (χ3n) is 15.8. The van der Waals surface area contributed by atoms with Crippen LogP contribution in [-0.4, -0.2) is 480 Å². The Balaban J connectivity index is -0.0000000374. The van der Waals surface area contributed by atoms with Crippen LogP contribution >= 0.6 is 0 Å². The van der Waals surface area contributed by atoms with E-state index in [9.17, 15) is 20.4 Å². The first kappa shape index (κ1) is 261. The first-order valence-corrected chi connectivity index (χ1v) is 53.1. The van der Waals surface area contributed by atoms with E-state index < -0.39 is 124 Å². The molecular formula is C100H281Ge4O46. The maximum absolute atomic E-state index is 10.9. The minimum atomic E-state index is -4.60. The molecule has 0 bridgehead atoms. The van der Waals surface area contributed by atoms with Crippen LogP contribution in [0.15, 0.2) is 0 Å². The maximum Gasteiger partial charge on any atom is -0.412 e. The Morgan fingerprint density at radius 1 is 0.253 bits per heavy atom. The summed E-state index contributed by atoms with van der Waals surface area (Å²) in [5.74, 6) is -7.33. The van der Waals surface area contributed by atoms with Gasteiger partial charge in [-0.3, -0.25) is 0 Å². The molecule has 0 aromatic heterocycles. The molecule has 0 spiro atoms. The van der Waals surface area contributed by atoms with Crippen LogP contribution < -0.4 is 0 Å². The fraction of sp³-hybridized carbons (Fsp3) is 1.00. The zero-order valence-electron chi connectivity index (χ0n) is 73.5. The van der Waals surface area contributed by atoms with E-state index in [1.165, 1.54) is 106 Å². The maximum atomic E-state index is 10.9. The molecule has 0 aromatic rings. The van der Waals surface area contributed by atoms with E-state index in [0.29, 0.717) is 6.61 Å². The Bertz CT molecular complexity index is 2170. The first-order chi connectivity index (χ1) is 55.0. The smallest absolute Gasteiger partial charge is 0.412 e. The third-order valence-corrected chi connectivity index (χ3v) is 36.4. The van der Waals surface area contributed by atoms with Gasteiger partial charge in [0.05, 0.1) is 12.2 Å². The molecule has 0 aliphatic carbocycles. The SMILES string of the molecule is C.C.C.C.C.C.C.C.C.C.C.C.C.C.C.C.C.C.C.C.C.C.C.C.C.C.C.C.C.C.C.C.COC(O)([CH2][Ge]([O]C)([O]C)[O]CCOCC(C)OCCOC([CH2][Ge]([O]C)([O]COC(C)COCCO)[O]C([C@H](C)O)[C@@H](C)O)(OC)OC)OCOCC(C)OCCO.C[C@H](O)C(O)[C@@H](C)O.C[O][Ge]([CH2]C(OC)(OC)OCCOC(C)COCC[O][Ge]([CH2]C(O)(OC)OCOCC(C)OCCO)([O]C)[O]C)[O]COC(C)COCCO.O.O. The molecule has 0 saturated carbocycles. The molecule has 0 fully saturated rings. The van der Waals surface area contributed by atoms with Gasteiger partial charge in [0.2, 0.25) is 0 Å². The average Bonchev–Trinajstić information content (AvgIpc) is 0.802. The molecule has 0 aromatic carbocycles. The van der Waals surface area contributed by atoms with E-state index in [2.05, 4.69) is 0 Å². The van der Waals surface area contributed by atoms with Gasteiger partial charge < -0.3 is 26.3 Å². The second kappa shape index (κ2) is 158.